The Bertz CT molecular complexity index is 769. The molecular formula is C16H19N5O2. The number of nitrogens with one attached hydrogen (secondary N) is 2. The number of carbonyl (C=O) groups excluding carboxylic acids is 1. The minimum absolute atomic E-state index is 0.0592. The topological polar surface area (TPSA) is 83.0 Å². The first-order valence-corrected chi connectivity index (χ1v) is 7.99. The van der Waals surface area contributed by atoms with Gasteiger partial charge in [-0.1, -0.05) is 12.5 Å². The fourth-order valence-electron chi connectivity index (χ4n) is 3.77. The van der Waals surface area contributed by atoms with Gasteiger partial charge in [0.2, 0.25) is 0 Å². The summed E-state index contributed by atoms with van der Waals surface area (Å²) in [5, 5.41) is 9.01. The highest BCUT2D eigenvalue weighted by molar-refractivity contribution is 5.89. The van der Waals surface area contributed by atoms with Gasteiger partial charge in [0.25, 0.3) is 0 Å². The highest BCUT2D eigenvalue weighted by Gasteiger charge is 2.37. The molecule has 2 heterocycles. The van der Waals surface area contributed by atoms with Crippen LogP contribution in [-0.2, 0) is 0 Å². The minimum Gasteiger partial charge on any atom is -0.324 e. The molecule has 0 radical (unpaired) electrons. The van der Waals surface area contributed by atoms with Crippen LogP contribution in [0.1, 0.15) is 19.3 Å². The van der Waals surface area contributed by atoms with E-state index >= 15 is 0 Å². The summed E-state index contributed by atoms with van der Waals surface area (Å²) in [6.07, 6.45) is 5.21. The van der Waals surface area contributed by atoms with Gasteiger partial charge in [0, 0.05) is 18.8 Å². The molecule has 0 spiro atoms. The Morgan fingerprint density at radius 2 is 2.04 bits per heavy atom. The van der Waals surface area contributed by atoms with Gasteiger partial charge < -0.3 is 10.2 Å². The molecule has 1 saturated carbocycles. The lowest BCUT2D eigenvalue weighted by molar-refractivity contribution is 0.219. The van der Waals surface area contributed by atoms with Crippen molar-refractivity contribution in [3.63, 3.8) is 0 Å². The number of anilines is 1. The predicted octanol–water partition coefficient (Wildman–Crippen LogP) is 1.82. The number of aromatic amines is 1. The van der Waals surface area contributed by atoms with Crippen molar-refractivity contribution in [2.45, 2.75) is 19.3 Å². The van der Waals surface area contributed by atoms with Gasteiger partial charge in [-0.3, -0.25) is 0 Å². The smallest absolute Gasteiger partial charge is 0.324 e. The molecule has 7 nitrogen and oxygen atoms in total. The summed E-state index contributed by atoms with van der Waals surface area (Å²) in [4.78, 5) is 26.0. The van der Waals surface area contributed by atoms with Crippen LogP contribution in [0.5, 0.6) is 0 Å². The first kappa shape index (κ1) is 14.0. The van der Waals surface area contributed by atoms with Crippen molar-refractivity contribution in [3.05, 3.63) is 41.1 Å². The van der Waals surface area contributed by atoms with E-state index in [1.165, 1.54) is 30.2 Å². The Balaban J connectivity index is 1.48. The lowest BCUT2D eigenvalue weighted by Gasteiger charge is -2.18. The molecule has 2 aromatic rings. The van der Waals surface area contributed by atoms with E-state index in [2.05, 4.69) is 15.5 Å². The molecule has 4 rings (SSSR count). The quantitative estimate of drug-likeness (QED) is 0.887. The van der Waals surface area contributed by atoms with Gasteiger partial charge in [-0.25, -0.2) is 19.3 Å². The van der Waals surface area contributed by atoms with Crippen LogP contribution >= 0.6 is 0 Å². The Morgan fingerprint density at radius 1 is 1.26 bits per heavy atom. The Kier molecular flexibility index (Phi) is 3.40. The third-order valence-corrected chi connectivity index (χ3v) is 4.94. The van der Waals surface area contributed by atoms with Crippen LogP contribution in [0.2, 0.25) is 0 Å². The van der Waals surface area contributed by atoms with Crippen molar-refractivity contribution < 1.29 is 4.79 Å². The van der Waals surface area contributed by atoms with Crippen molar-refractivity contribution in [2.24, 2.45) is 11.8 Å². The van der Waals surface area contributed by atoms with Crippen molar-refractivity contribution in [1.29, 1.82) is 0 Å². The fourth-order valence-corrected chi connectivity index (χ4v) is 3.77. The molecule has 0 unspecified atom stereocenters. The van der Waals surface area contributed by atoms with Crippen molar-refractivity contribution in [1.82, 2.24) is 19.7 Å². The molecule has 23 heavy (non-hydrogen) atoms. The van der Waals surface area contributed by atoms with Crippen LogP contribution in [0.25, 0.3) is 5.69 Å². The molecule has 7 heteroatoms. The molecule has 2 N–H and O–H groups in total. The number of hydrogen-bond acceptors (Lipinski definition) is 3. The maximum absolute atomic E-state index is 12.4. The zero-order chi connectivity index (χ0) is 15.8. The SMILES string of the molecule is O=C(Nc1cccc(-n2cn[nH]c2=O)c1)N1C[C@H]2CCC[C@H]2C1. The highest BCUT2D eigenvalue weighted by Crippen LogP contribution is 2.37. The first-order chi connectivity index (χ1) is 11.2. The van der Waals surface area contributed by atoms with Crippen molar-refractivity contribution in [3.8, 4) is 5.69 Å². The van der Waals surface area contributed by atoms with Crippen LogP contribution < -0.4 is 11.0 Å². The van der Waals surface area contributed by atoms with Crippen LogP contribution in [0.4, 0.5) is 10.5 Å². The molecule has 1 aliphatic carbocycles. The van der Waals surface area contributed by atoms with Gasteiger partial charge in [-0.15, -0.1) is 0 Å². The van der Waals surface area contributed by atoms with Gasteiger partial charge in [-0.05, 0) is 42.9 Å². The number of fused-ring (bicyclic) bond motifs is 1. The molecule has 1 saturated heterocycles. The van der Waals surface area contributed by atoms with E-state index in [-0.39, 0.29) is 11.7 Å². The van der Waals surface area contributed by atoms with E-state index in [1.54, 1.807) is 12.1 Å². The van der Waals surface area contributed by atoms with Crippen LogP contribution in [0.3, 0.4) is 0 Å². The van der Waals surface area contributed by atoms with E-state index in [1.807, 2.05) is 17.0 Å². The second-order valence-corrected chi connectivity index (χ2v) is 6.37. The van der Waals surface area contributed by atoms with Crippen LogP contribution in [0.15, 0.2) is 35.4 Å². The summed E-state index contributed by atoms with van der Waals surface area (Å²) in [5.41, 5.74) is 1.04. The number of rotatable bonds is 2. The summed E-state index contributed by atoms with van der Waals surface area (Å²) in [7, 11) is 0. The summed E-state index contributed by atoms with van der Waals surface area (Å²) in [6, 6.07) is 7.14. The second-order valence-electron chi connectivity index (χ2n) is 6.37. The lowest BCUT2D eigenvalue weighted by Crippen LogP contribution is -2.33. The van der Waals surface area contributed by atoms with Crippen LogP contribution in [-0.4, -0.2) is 38.8 Å². The predicted molar refractivity (Wildman–Crippen MR) is 85.6 cm³/mol. The zero-order valence-electron chi connectivity index (χ0n) is 12.7. The first-order valence-electron chi connectivity index (χ1n) is 7.99. The average molecular weight is 313 g/mol. The number of urea groups is 1. The fraction of sp³-hybridized carbons (Fsp3) is 0.438. The van der Waals surface area contributed by atoms with E-state index in [0.29, 0.717) is 23.2 Å². The molecular weight excluding hydrogens is 294 g/mol. The summed E-state index contributed by atoms with van der Waals surface area (Å²) >= 11 is 0. The summed E-state index contributed by atoms with van der Waals surface area (Å²) in [5.74, 6) is 1.35. The number of nitrogens with zero attached hydrogens (tertiary/aromatic N) is 3. The van der Waals surface area contributed by atoms with Crippen LogP contribution in [0, 0.1) is 11.8 Å². The normalized spacial score (nSPS) is 23.0. The van der Waals surface area contributed by atoms with Gasteiger partial charge in [0.15, 0.2) is 0 Å². The van der Waals surface area contributed by atoms with E-state index in [9.17, 15) is 9.59 Å². The number of aromatic nitrogens is 3. The number of benzene rings is 1. The molecule has 1 aromatic heterocycles. The molecule has 2 atom stereocenters. The number of hydrogen-bond donors (Lipinski definition) is 2. The summed E-state index contributed by atoms with van der Waals surface area (Å²) < 4.78 is 1.40. The number of H-pyrrole nitrogens is 1. The number of likely N-dealkylation sites (tertiary alicyclic amines) is 1. The summed E-state index contributed by atoms with van der Waals surface area (Å²) in [6.45, 7) is 1.72. The van der Waals surface area contributed by atoms with Gasteiger partial charge in [0.05, 0.1) is 5.69 Å². The molecule has 2 aliphatic rings. The highest BCUT2D eigenvalue weighted by atomic mass is 16.2. The Hall–Kier alpha value is -2.57. The monoisotopic (exact) mass is 313 g/mol. The Morgan fingerprint density at radius 3 is 2.74 bits per heavy atom. The maximum Gasteiger partial charge on any atom is 0.347 e. The number of carbonyl (C=O) groups is 1. The Labute approximate surface area is 133 Å². The third-order valence-electron chi connectivity index (χ3n) is 4.94. The average Bonchev–Trinajstić information content (AvgIpc) is 3.22. The molecule has 2 amide bonds. The maximum atomic E-state index is 12.4. The largest absolute Gasteiger partial charge is 0.347 e. The molecule has 0 bridgehead atoms. The zero-order valence-corrected chi connectivity index (χ0v) is 12.7. The molecule has 120 valence electrons. The third kappa shape index (κ3) is 2.62. The standard InChI is InChI=1S/C16H19N5O2/c22-15(20-8-11-3-1-4-12(11)9-20)18-13-5-2-6-14(7-13)21-10-17-19-16(21)23/h2,5-7,10-12H,1,3-4,8-9H2,(H,18,22)(H,19,23)/t11-,12+. The van der Waals surface area contributed by atoms with E-state index in [0.717, 1.165) is 13.1 Å². The van der Waals surface area contributed by atoms with Gasteiger partial charge in [0.1, 0.15) is 6.33 Å². The van der Waals surface area contributed by atoms with E-state index < -0.39 is 0 Å². The molecule has 1 aromatic carbocycles. The molecule has 2 fully saturated rings. The molecule has 1 aliphatic heterocycles. The van der Waals surface area contributed by atoms with Crippen molar-refractivity contribution in [2.75, 3.05) is 18.4 Å². The van der Waals surface area contributed by atoms with E-state index in [4.69, 9.17) is 0 Å². The van der Waals surface area contributed by atoms with Gasteiger partial charge in [-0.2, -0.15) is 5.10 Å². The van der Waals surface area contributed by atoms with Crippen molar-refractivity contribution >= 4 is 11.7 Å². The minimum atomic E-state index is -0.305. The number of amides is 2. The van der Waals surface area contributed by atoms with Gasteiger partial charge >= 0.3 is 11.7 Å². The second kappa shape index (κ2) is 5.57. The lowest BCUT2D eigenvalue weighted by atomic mass is 10.0.